The maximum Gasteiger partial charge on any atom is 0.145 e. The smallest absolute Gasteiger partial charge is 0.145 e. The zero-order chi connectivity index (χ0) is 43.3. The number of carbonyl (C=O) groups is 1. The highest BCUT2D eigenvalue weighted by Gasteiger charge is 2.57. The first-order valence-electron chi connectivity index (χ1n) is 24.6. The predicted octanol–water partition coefficient (Wildman–Crippen LogP) is 6.80. The van der Waals surface area contributed by atoms with E-state index in [1.807, 2.05) is 0 Å². The Hall–Kier alpha value is -1.55. The van der Waals surface area contributed by atoms with E-state index in [1.54, 1.807) is 0 Å². The van der Waals surface area contributed by atoms with Crippen molar-refractivity contribution < 1.29 is 57.6 Å². The number of hydrogen-bond donors (Lipinski definition) is 2. The third-order valence-electron chi connectivity index (χ3n) is 16.1. The molecule has 0 bridgehead atoms. The van der Waals surface area contributed by atoms with E-state index in [0.717, 1.165) is 76.9 Å². The second-order valence-corrected chi connectivity index (χ2v) is 21.3. The summed E-state index contributed by atoms with van der Waals surface area (Å²) in [5.74, 6) is 0.524. The molecule has 12 heteroatoms. The fourth-order valence-electron chi connectivity index (χ4n) is 13.0. The fraction of sp³-hybridized carbons (Fsp3) is 0.860. The van der Waals surface area contributed by atoms with Crippen LogP contribution in [0, 0.1) is 11.8 Å². The zero-order valence-corrected chi connectivity index (χ0v) is 37.9. The monoisotopic (exact) mass is 869 g/mol. The Balaban J connectivity index is 0.876. The van der Waals surface area contributed by atoms with E-state index in [1.165, 1.54) is 0 Å². The molecule has 7 fully saturated rings. The molecule has 62 heavy (non-hydrogen) atoms. The lowest BCUT2D eigenvalue weighted by Crippen LogP contribution is -2.65. The van der Waals surface area contributed by atoms with E-state index < -0.39 is 29.5 Å². The van der Waals surface area contributed by atoms with Gasteiger partial charge in [-0.2, -0.15) is 0 Å². The number of fused-ring (bicyclic) bond motifs is 8. The molecule has 9 rings (SSSR count). The Labute approximate surface area is 369 Å². The van der Waals surface area contributed by atoms with Gasteiger partial charge in [0.1, 0.15) is 18.5 Å². The highest BCUT2D eigenvalue weighted by Crippen LogP contribution is 2.48. The van der Waals surface area contributed by atoms with Crippen LogP contribution >= 0.6 is 0 Å². The van der Waals surface area contributed by atoms with Crippen molar-refractivity contribution in [3.05, 3.63) is 36.5 Å². The number of ether oxygens (including phenoxy) is 9. The van der Waals surface area contributed by atoms with Gasteiger partial charge in [0.25, 0.3) is 0 Å². The topological polar surface area (TPSA) is 141 Å². The molecule has 7 saturated heterocycles. The van der Waals surface area contributed by atoms with Gasteiger partial charge in [-0.1, -0.05) is 58.1 Å². The Morgan fingerprint density at radius 2 is 1.40 bits per heavy atom. The second-order valence-electron chi connectivity index (χ2n) is 21.3. The summed E-state index contributed by atoms with van der Waals surface area (Å²) in [6.07, 6.45) is 17.4. The first-order valence-corrected chi connectivity index (χ1v) is 24.6. The summed E-state index contributed by atoms with van der Waals surface area (Å²) in [5, 5.41) is 22.3. The number of carbonyl (C=O) groups excluding carboxylic acids is 1. The highest BCUT2D eigenvalue weighted by atomic mass is 16.6. The lowest BCUT2D eigenvalue weighted by molar-refractivity contribution is -0.316. The zero-order valence-electron chi connectivity index (χ0n) is 37.9. The van der Waals surface area contributed by atoms with Crippen LogP contribution in [0.5, 0.6) is 0 Å². The van der Waals surface area contributed by atoms with Crippen LogP contribution in [-0.2, 0) is 47.4 Å². The number of aldehydes is 1. The van der Waals surface area contributed by atoms with Gasteiger partial charge >= 0.3 is 0 Å². The maximum absolute atomic E-state index is 11.3. The lowest BCUT2D eigenvalue weighted by atomic mass is 9.77. The van der Waals surface area contributed by atoms with Crippen molar-refractivity contribution in [1.29, 1.82) is 0 Å². The van der Waals surface area contributed by atoms with Crippen molar-refractivity contribution in [2.75, 3.05) is 0 Å². The van der Waals surface area contributed by atoms with E-state index in [4.69, 9.17) is 42.6 Å². The normalized spacial score (nSPS) is 53.0. The van der Waals surface area contributed by atoms with Crippen LogP contribution in [0.3, 0.4) is 0 Å². The minimum atomic E-state index is -0.693. The largest absolute Gasteiger partial charge is 0.390 e. The van der Waals surface area contributed by atoms with Gasteiger partial charge < -0.3 is 52.8 Å². The van der Waals surface area contributed by atoms with E-state index >= 15 is 0 Å². The molecule has 0 spiro atoms. The molecule has 19 unspecified atom stereocenters. The molecule has 0 aliphatic carbocycles. The van der Waals surface area contributed by atoms with Gasteiger partial charge in [0.2, 0.25) is 0 Å². The third kappa shape index (κ3) is 9.51. The summed E-state index contributed by atoms with van der Waals surface area (Å²) in [6.45, 7) is 14.9. The molecule has 348 valence electrons. The van der Waals surface area contributed by atoms with Crippen LogP contribution < -0.4 is 0 Å². The summed E-state index contributed by atoms with van der Waals surface area (Å²) in [4.78, 5) is 11.3. The van der Waals surface area contributed by atoms with Gasteiger partial charge in [-0.05, 0) is 95.5 Å². The van der Waals surface area contributed by atoms with Crippen molar-refractivity contribution in [2.45, 2.75) is 258 Å². The Morgan fingerprint density at radius 1 is 0.677 bits per heavy atom. The average Bonchev–Trinajstić information content (AvgIpc) is 3.26. The van der Waals surface area contributed by atoms with Crippen LogP contribution in [-0.4, -0.2) is 138 Å². The van der Waals surface area contributed by atoms with Crippen molar-refractivity contribution in [3.63, 3.8) is 0 Å². The molecule has 22 atom stereocenters. The molecular weight excluding hydrogens is 793 g/mol. The van der Waals surface area contributed by atoms with Gasteiger partial charge in [-0.25, -0.2) is 0 Å². The number of rotatable bonds is 5. The van der Waals surface area contributed by atoms with Crippen molar-refractivity contribution in [1.82, 2.24) is 0 Å². The molecule has 0 saturated carbocycles. The first kappa shape index (κ1) is 45.6. The summed E-state index contributed by atoms with van der Waals surface area (Å²) in [6, 6.07) is 0. The van der Waals surface area contributed by atoms with E-state index in [-0.39, 0.29) is 97.5 Å². The van der Waals surface area contributed by atoms with Crippen LogP contribution in [0.2, 0.25) is 0 Å². The first-order chi connectivity index (χ1) is 29.8. The molecule has 9 heterocycles. The van der Waals surface area contributed by atoms with Gasteiger partial charge in [0.15, 0.2) is 0 Å². The molecular formula is C50H76O12. The van der Waals surface area contributed by atoms with Crippen LogP contribution in [0.25, 0.3) is 0 Å². The van der Waals surface area contributed by atoms with E-state index in [2.05, 4.69) is 65.5 Å². The summed E-state index contributed by atoms with van der Waals surface area (Å²) in [7, 11) is 0. The lowest BCUT2D eigenvalue weighted by Gasteiger charge is -2.55. The van der Waals surface area contributed by atoms with Crippen LogP contribution in [0.4, 0.5) is 0 Å². The molecule has 2 N–H and O–H groups in total. The minimum Gasteiger partial charge on any atom is -0.390 e. The van der Waals surface area contributed by atoms with Gasteiger partial charge in [0, 0.05) is 32.1 Å². The van der Waals surface area contributed by atoms with E-state index in [0.29, 0.717) is 43.6 Å². The number of aliphatic hydroxyl groups excluding tert-OH is 2. The SMILES string of the molecule is C=C(C=O)CC1CC(O)C2OC3C[C@]4(C)OC5/C=C\CC6OC7C(C/C=C\CC6OC5CCCC4OC3CC2O1)OC1CC2OC(CCC)C(O)CC(C)C[C@@]2(C)OC1C[C@@H]7C. The molecule has 0 radical (unpaired) electrons. The van der Waals surface area contributed by atoms with Gasteiger partial charge in [-0.15, -0.1) is 0 Å². The Kier molecular flexibility index (Phi) is 14.0. The minimum absolute atomic E-state index is 0.0608. The van der Waals surface area contributed by atoms with Crippen LogP contribution in [0.15, 0.2) is 36.5 Å². The van der Waals surface area contributed by atoms with Gasteiger partial charge in [0.05, 0.1) is 109 Å². The molecule has 0 aromatic rings. The summed E-state index contributed by atoms with van der Waals surface area (Å²) in [5.41, 5.74) is -0.591. The average molecular weight is 869 g/mol. The number of hydrogen-bond acceptors (Lipinski definition) is 12. The predicted molar refractivity (Wildman–Crippen MR) is 231 cm³/mol. The third-order valence-corrected chi connectivity index (χ3v) is 16.1. The molecule has 0 amide bonds. The number of aliphatic hydroxyl groups is 2. The standard InChI is InChI=1S/C50H76O12/c1-7-12-34-32(52)20-28(2)25-49(5)46(57-34)24-41-42(62-49)21-30(4)47-39(56-41)14-9-8-13-35-36(59-47)15-10-17-38-37(55-35)16-11-18-45-50(6,61-38)26-44-40(58-45)23-43-48(60-44)33(53)22-31(54-43)19-29(3)27-51/h8-10,17,27-28,30-48,52-53H,3,7,11-16,18-26H2,1-2,4-6H3/b9-8-,17-10-/t28?,30-,31?,32?,33?,34?,35?,36?,37?,38?,39?,40?,41?,42?,43?,44?,45?,46?,47?,48?,49+,50-/m0/s1. The quantitative estimate of drug-likeness (QED) is 0.171. The van der Waals surface area contributed by atoms with E-state index in [9.17, 15) is 15.0 Å². The van der Waals surface area contributed by atoms with Crippen molar-refractivity contribution in [3.8, 4) is 0 Å². The van der Waals surface area contributed by atoms with Crippen molar-refractivity contribution >= 4 is 6.29 Å². The highest BCUT2D eigenvalue weighted by molar-refractivity contribution is 5.72. The molecule has 12 nitrogen and oxygen atoms in total. The summed E-state index contributed by atoms with van der Waals surface area (Å²) >= 11 is 0. The Bertz CT molecular complexity index is 1620. The molecule has 0 aromatic carbocycles. The Morgan fingerprint density at radius 3 is 2.21 bits per heavy atom. The second kappa shape index (κ2) is 19.0. The fourth-order valence-corrected chi connectivity index (χ4v) is 13.0. The summed E-state index contributed by atoms with van der Waals surface area (Å²) < 4.78 is 62.6. The maximum atomic E-state index is 11.3. The van der Waals surface area contributed by atoms with Crippen LogP contribution in [0.1, 0.15) is 137 Å². The molecule has 0 aromatic heterocycles. The van der Waals surface area contributed by atoms with Crippen molar-refractivity contribution in [2.24, 2.45) is 11.8 Å². The molecule has 9 aliphatic rings. The molecule has 9 aliphatic heterocycles. The van der Waals surface area contributed by atoms with Gasteiger partial charge in [-0.3, -0.25) is 4.79 Å².